The Morgan fingerprint density at radius 2 is 2.10 bits per heavy atom. The van der Waals surface area contributed by atoms with E-state index < -0.39 is 12.2 Å². The van der Waals surface area contributed by atoms with Crippen molar-refractivity contribution in [3.63, 3.8) is 0 Å². The number of carbonyl (C=O) groups excluding carboxylic acids is 1. The minimum Gasteiger partial charge on any atom is -0.463 e. The molecule has 0 spiro atoms. The van der Waals surface area contributed by atoms with Gasteiger partial charge in [0.15, 0.2) is 0 Å². The van der Waals surface area contributed by atoms with E-state index in [1.54, 1.807) is 0 Å². The van der Waals surface area contributed by atoms with Gasteiger partial charge in [-0.15, -0.1) is 0 Å². The molecule has 4 N–H and O–H groups in total. The first-order chi connectivity index (χ1) is 9.63. The highest BCUT2D eigenvalue weighted by Crippen LogP contribution is 2.20. The van der Waals surface area contributed by atoms with Crippen molar-refractivity contribution >= 4 is 5.97 Å². The van der Waals surface area contributed by atoms with E-state index in [1.807, 2.05) is 24.3 Å². The van der Waals surface area contributed by atoms with E-state index >= 15 is 0 Å². The van der Waals surface area contributed by atoms with Crippen molar-refractivity contribution in [1.82, 2.24) is 4.98 Å². The van der Waals surface area contributed by atoms with Crippen LogP contribution in [0.2, 0.25) is 0 Å². The molecule has 1 aromatic heterocycles. The summed E-state index contributed by atoms with van der Waals surface area (Å²) >= 11 is 0. The lowest BCUT2D eigenvalue weighted by Gasteiger charge is -2.08. The van der Waals surface area contributed by atoms with E-state index in [1.165, 1.54) is 13.3 Å². The molecule has 0 amide bonds. The van der Waals surface area contributed by atoms with Crippen LogP contribution in [0.1, 0.15) is 16.1 Å². The van der Waals surface area contributed by atoms with Crippen LogP contribution < -0.4 is 11.6 Å². The van der Waals surface area contributed by atoms with Gasteiger partial charge in [-0.1, -0.05) is 12.1 Å². The van der Waals surface area contributed by atoms with Crippen molar-refractivity contribution in [2.75, 3.05) is 7.11 Å². The molecule has 0 radical (unpaired) electrons. The summed E-state index contributed by atoms with van der Waals surface area (Å²) in [4.78, 5) is 19.8. The molecule has 2 aromatic rings. The standard InChI is InChI=1S/C13H15N3O4/c1-18-13(17)10-7-16-12(19-10)9-4-2-8(3-5-9)6-11(14)20-15/h2-5,7,11H,6,14-15H2,1H3/t11-/m0/s1. The van der Waals surface area contributed by atoms with Gasteiger partial charge in [0, 0.05) is 12.0 Å². The second-order valence-corrected chi connectivity index (χ2v) is 4.10. The van der Waals surface area contributed by atoms with Gasteiger partial charge in [-0.25, -0.2) is 15.7 Å². The Morgan fingerprint density at radius 1 is 1.40 bits per heavy atom. The third-order valence-electron chi connectivity index (χ3n) is 2.70. The Labute approximate surface area is 115 Å². The molecular weight excluding hydrogens is 262 g/mol. The maximum Gasteiger partial charge on any atom is 0.375 e. The van der Waals surface area contributed by atoms with Gasteiger partial charge in [-0.05, 0) is 17.7 Å². The summed E-state index contributed by atoms with van der Waals surface area (Å²) in [5.41, 5.74) is 7.28. The second-order valence-electron chi connectivity index (χ2n) is 4.10. The Bertz CT molecular complexity index is 580. The second kappa shape index (κ2) is 6.29. The van der Waals surface area contributed by atoms with Gasteiger partial charge in [-0.2, -0.15) is 0 Å². The minimum absolute atomic E-state index is 0.0603. The quantitative estimate of drug-likeness (QED) is 0.473. The molecule has 0 aliphatic heterocycles. The number of carbonyl (C=O) groups is 1. The summed E-state index contributed by atoms with van der Waals surface area (Å²) in [6.07, 6.45) is 1.27. The summed E-state index contributed by atoms with van der Waals surface area (Å²) in [6.45, 7) is 0. The van der Waals surface area contributed by atoms with Gasteiger partial charge in [-0.3, -0.25) is 4.84 Å². The lowest BCUT2D eigenvalue weighted by Crippen LogP contribution is -2.29. The zero-order chi connectivity index (χ0) is 14.5. The number of oxazole rings is 1. The van der Waals surface area contributed by atoms with E-state index in [0.717, 1.165) is 11.1 Å². The van der Waals surface area contributed by atoms with Crippen LogP contribution in [0.25, 0.3) is 11.5 Å². The van der Waals surface area contributed by atoms with Crippen molar-refractivity contribution in [2.45, 2.75) is 12.6 Å². The normalized spacial score (nSPS) is 12.2. The molecule has 0 saturated heterocycles. The number of nitrogens with zero attached hydrogens (tertiary/aromatic N) is 1. The predicted molar refractivity (Wildman–Crippen MR) is 70.2 cm³/mol. The average molecular weight is 277 g/mol. The van der Waals surface area contributed by atoms with Crippen LogP contribution in [-0.4, -0.2) is 24.3 Å². The van der Waals surface area contributed by atoms with Gasteiger partial charge in [0.1, 0.15) is 6.23 Å². The van der Waals surface area contributed by atoms with E-state index in [0.29, 0.717) is 12.3 Å². The van der Waals surface area contributed by atoms with Gasteiger partial charge in [0.05, 0.1) is 13.3 Å². The molecule has 0 fully saturated rings. The number of methoxy groups -OCH3 is 1. The smallest absolute Gasteiger partial charge is 0.375 e. The molecule has 0 saturated carbocycles. The topological polar surface area (TPSA) is 114 Å². The molecule has 0 unspecified atom stereocenters. The van der Waals surface area contributed by atoms with E-state index in [4.69, 9.17) is 16.0 Å². The molecule has 7 heteroatoms. The molecule has 1 atom stereocenters. The number of nitrogens with two attached hydrogens (primary N) is 2. The summed E-state index contributed by atoms with van der Waals surface area (Å²) < 4.78 is 9.86. The first-order valence-corrected chi connectivity index (χ1v) is 5.88. The number of hydrogen-bond acceptors (Lipinski definition) is 7. The Morgan fingerprint density at radius 3 is 2.70 bits per heavy atom. The molecule has 7 nitrogen and oxygen atoms in total. The highest BCUT2D eigenvalue weighted by molar-refractivity contribution is 5.86. The number of rotatable bonds is 5. The molecule has 1 heterocycles. The van der Waals surface area contributed by atoms with E-state index in [-0.39, 0.29) is 5.76 Å². The van der Waals surface area contributed by atoms with Gasteiger partial charge in [0.2, 0.25) is 11.7 Å². The predicted octanol–water partition coefficient (Wildman–Crippen LogP) is 0.846. The molecule has 2 rings (SSSR count). The number of aromatic nitrogens is 1. The number of hydrogen-bond donors (Lipinski definition) is 2. The van der Waals surface area contributed by atoms with Crippen LogP contribution in [0.5, 0.6) is 0 Å². The zero-order valence-electron chi connectivity index (χ0n) is 10.9. The fraction of sp³-hybridized carbons (Fsp3) is 0.231. The van der Waals surface area contributed by atoms with Gasteiger partial charge < -0.3 is 14.9 Å². The Hall–Kier alpha value is -2.22. The number of ether oxygens (including phenoxy) is 1. The van der Waals surface area contributed by atoms with Crippen molar-refractivity contribution in [1.29, 1.82) is 0 Å². The fourth-order valence-corrected chi connectivity index (χ4v) is 1.67. The molecular formula is C13H15N3O4. The third-order valence-corrected chi connectivity index (χ3v) is 2.70. The van der Waals surface area contributed by atoms with Crippen molar-refractivity contribution in [3.05, 3.63) is 41.8 Å². The van der Waals surface area contributed by atoms with E-state index in [2.05, 4.69) is 14.6 Å². The molecule has 106 valence electrons. The highest BCUT2D eigenvalue weighted by atomic mass is 16.6. The lowest BCUT2D eigenvalue weighted by atomic mass is 10.1. The van der Waals surface area contributed by atoms with Crippen molar-refractivity contribution in [3.8, 4) is 11.5 Å². The lowest BCUT2D eigenvalue weighted by molar-refractivity contribution is 0.0565. The Kier molecular flexibility index (Phi) is 4.46. The number of benzene rings is 1. The maximum absolute atomic E-state index is 11.3. The maximum atomic E-state index is 11.3. The molecule has 20 heavy (non-hydrogen) atoms. The van der Waals surface area contributed by atoms with Crippen molar-refractivity contribution < 1.29 is 18.8 Å². The SMILES string of the molecule is COC(=O)c1cnc(-c2ccc(C[C@@H](N)ON)cc2)o1. The highest BCUT2D eigenvalue weighted by Gasteiger charge is 2.13. The summed E-state index contributed by atoms with van der Waals surface area (Å²) in [5.74, 6) is 4.83. The van der Waals surface area contributed by atoms with E-state index in [9.17, 15) is 4.79 Å². The molecule has 0 bridgehead atoms. The van der Waals surface area contributed by atoms with Crippen LogP contribution in [0.4, 0.5) is 0 Å². The van der Waals surface area contributed by atoms with Crippen LogP contribution in [0.15, 0.2) is 34.9 Å². The first-order valence-electron chi connectivity index (χ1n) is 5.88. The van der Waals surface area contributed by atoms with Crippen LogP contribution in [0.3, 0.4) is 0 Å². The summed E-state index contributed by atoms with van der Waals surface area (Å²) in [6, 6.07) is 7.34. The van der Waals surface area contributed by atoms with Gasteiger partial charge in [0.25, 0.3) is 0 Å². The fourth-order valence-electron chi connectivity index (χ4n) is 1.67. The molecule has 0 aliphatic rings. The average Bonchev–Trinajstić information content (AvgIpc) is 2.97. The zero-order valence-corrected chi connectivity index (χ0v) is 10.9. The minimum atomic E-state index is -0.563. The Balaban J connectivity index is 2.13. The summed E-state index contributed by atoms with van der Waals surface area (Å²) in [5, 5.41) is 0. The third kappa shape index (κ3) is 3.21. The van der Waals surface area contributed by atoms with Crippen LogP contribution >= 0.6 is 0 Å². The summed E-state index contributed by atoms with van der Waals surface area (Å²) in [7, 11) is 1.28. The molecule has 0 aliphatic carbocycles. The molecule has 1 aromatic carbocycles. The monoisotopic (exact) mass is 277 g/mol. The van der Waals surface area contributed by atoms with Crippen LogP contribution in [0, 0.1) is 0 Å². The largest absolute Gasteiger partial charge is 0.463 e. The number of esters is 1. The van der Waals surface area contributed by atoms with Gasteiger partial charge >= 0.3 is 5.97 Å². The van der Waals surface area contributed by atoms with Crippen LogP contribution in [-0.2, 0) is 16.0 Å². The first kappa shape index (κ1) is 14.2. The van der Waals surface area contributed by atoms with Crippen molar-refractivity contribution in [2.24, 2.45) is 11.6 Å².